The maximum atomic E-state index is 10.6. The van der Waals surface area contributed by atoms with Gasteiger partial charge in [-0.2, -0.15) is 0 Å². The number of nitrogens with zero attached hydrogens (tertiary/aromatic N) is 1. The van der Waals surface area contributed by atoms with E-state index in [0.29, 0.717) is 0 Å². The zero-order chi connectivity index (χ0) is 11.7. The van der Waals surface area contributed by atoms with Gasteiger partial charge in [-0.25, -0.2) is 0 Å². The second-order valence-electron chi connectivity index (χ2n) is 5.13. The molecule has 1 heterocycles. The van der Waals surface area contributed by atoms with Gasteiger partial charge in [-0.05, 0) is 37.8 Å². The highest BCUT2D eigenvalue weighted by atomic mass is 32.2. The van der Waals surface area contributed by atoms with E-state index in [1.807, 2.05) is 18.2 Å². The van der Waals surface area contributed by atoms with E-state index in [4.69, 9.17) is 0 Å². The van der Waals surface area contributed by atoms with Crippen LogP contribution in [0.4, 0.5) is 0 Å². The Kier molecular flexibility index (Phi) is 3.16. The van der Waals surface area contributed by atoms with Crippen molar-refractivity contribution in [3.8, 4) is 0 Å². The Bertz CT molecular complexity index is 369. The fraction of sp³-hybridized carbons (Fsp3) is 0.571. The summed E-state index contributed by atoms with van der Waals surface area (Å²) in [6, 6.07) is 11.1. The van der Waals surface area contributed by atoms with Crippen molar-refractivity contribution in [1.29, 1.82) is 0 Å². The monoisotopic (exact) mass is 249 g/mol. The summed E-state index contributed by atoms with van der Waals surface area (Å²) in [5.74, 6) is 0. The number of aliphatic hydroxyl groups is 1. The molecule has 3 heteroatoms. The fourth-order valence-electron chi connectivity index (χ4n) is 2.49. The molecule has 2 fully saturated rings. The molecule has 0 spiro atoms. The first-order valence-corrected chi connectivity index (χ1v) is 7.27. The molecule has 1 aliphatic carbocycles. The highest BCUT2D eigenvalue weighted by molar-refractivity contribution is 8.00. The van der Waals surface area contributed by atoms with E-state index >= 15 is 0 Å². The lowest BCUT2D eigenvalue weighted by molar-refractivity contribution is 0.0516. The van der Waals surface area contributed by atoms with Crippen molar-refractivity contribution in [3.05, 3.63) is 30.3 Å². The first-order valence-electron chi connectivity index (χ1n) is 6.46. The molecule has 1 aliphatic heterocycles. The average Bonchev–Trinajstić information content (AvgIpc) is 3.15. The topological polar surface area (TPSA) is 23.5 Å². The van der Waals surface area contributed by atoms with Gasteiger partial charge in [-0.1, -0.05) is 30.0 Å². The van der Waals surface area contributed by atoms with Gasteiger partial charge in [0.25, 0.3) is 0 Å². The number of hydrogen-bond donors (Lipinski definition) is 1. The number of thioether (sulfide) groups is 1. The van der Waals surface area contributed by atoms with E-state index in [0.717, 1.165) is 32.0 Å². The molecule has 1 saturated heterocycles. The van der Waals surface area contributed by atoms with Gasteiger partial charge in [0, 0.05) is 24.0 Å². The van der Waals surface area contributed by atoms with Crippen molar-refractivity contribution in [2.24, 2.45) is 0 Å². The summed E-state index contributed by atoms with van der Waals surface area (Å²) in [4.78, 5) is 3.17. The SMILES string of the molecule is OC1(Sc2ccccc2)CCN(C2CC2)CC1. The van der Waals surface area contributed by atoms with Crippen LogP contribution in [0.1, 0.15) is 25.7 Å². The molecule has 1 aromatic rings. The van der Waals surface area contributed by atoms with Crippen molar-refractivity contribution >= 4 is 11.8 Å². The number of benzene rings is 1. The van der Waals surface area contributed by atoms with Crippen LogP contribution in [0, 0.1) is 0 Å². The molecule has 92 valence electrons. The molecule has 0 unspecified atom stereocenters. The first-order chi connectivity index (χ1) is 8.25. The third kappa shape index (κ3) is 2.84. The van der Waals surface area contributed by atoms with Gasteiger partial charge in [0.15, 0.2) is 0 Å². The molecule has 0 bridgehead atoms. The van der Waals surface area contributed by atoms with Crippen LogP contribution in [0.3, 0.4) is 0 Å². The van der Waals surface area contributed by atoms with Gasteiger partial charge >= 0.3 is 0 Å². The minimum Gasteiger partial charge on any atom is -0.379 e. The van der Waals surface area contributed by atoms with E-state index in [2.05, 4.69) is 17.0 Å². The lowest BCUT2D eigenvalue weighted by Gasteiger charge is -2.37. The van der Waals surface area contributed by atoms with Crippen molar-refractivity contribution in [2.75, 3.05) is 13.1 Å². The van der Waals surface area contributed by atoms with Crippen LogP contribution in [-0.2, 0) is 0 Å². The molecule has 2 aliphatic rings. The van der Waals surface area contributed by atoms with Crippen LogP contribution in [0.25, 0.3) is 0 Å². The fourth-order valence-corrected chi connectivity index (χ4v) is 3.61. The maximum Gasteiger partial charge on any atom is 0.117 e. The van der Waals surface area contributed by atoms with Crippen LogP contribution in [-0.4, -0.2) is 34.1 Å². The smallest absolute Gasteiger partial charge is 0.117 e. The van der Waals surface area contributed by atoms with Crippen LogP contribution >= 0.6 is 11.8 Å². The zero-order valence-electron chi connectivity index (χ0n) is 10.0. The Balaban J connectivity index is 1.59. The molecule has 17 heavy (non-hydrogen) atoms. The summed E-state index contributed by atoms with van der Waals surface area (Å²) in [5, 5.41) is 10.6. The Labute approximate surface area is 107 Å². The molecule has 0 aromatic heterocycles. The van der Waals surface area contributed by atoms with Crippen LogP contribution in [0.15, 0.2) is 35.2 Å². The molecule has 2 nitrogen and oxygen atoms in total. The van der Waals surface area contributed by atoms with E-state index in [1.165, 1.54) is 17.7 Å². The zero-order valence-corrected chi connectivity index (χ0v) is 10.8. The molecule has 0 amide bonds. The molecule has 1 N–H and O–H groups in total. The highest BCUT2D eigenvalue weighted by Gasteiger charge is 2.38. The van der Waals surface area contributed by atoms with Crippen molar-refractivity contribution in [1.82, 2.24) is 4.90 Å². The molecular formula is C14H19NOS. The van der Waals surface area contributed by atoms with Gasteiger partial charge < -0.3 is 10.0 Å². The summed E-state index contributed by atoms with van der Waals surface area (Å²) in [7, 11) is 0. The minimum absolute atomic E-state index is 0.549. The second kappa shape index (κ2) is 4.63. The van der Waals surface area contributed by atoms with E-state index in [9.17, 15) is 5.11 Å². The molecule has 0 atom stereocenters. The molecule has 3 rings (SSSR count). The third-order valence-electron chi connectivity index (χ3n) is 3.69. The quantitative estimate of drug-likeness (QED) is 0.833. The number of hydrogen-bond acceptors (Lipinski definition) is 3. The predicted octanol–water partition coefficient (Wildman–Crippen LogP) is 2.73. The van der Waals surface area contributed by atoms with Gasteiger partial charge in [-0.3, -0.25) is 0 Å². The highest BCUT2D eigenvalue weighted by Crippen LogP contribution is 2.40. The summed E-state index contributed by atoms with van der Waals surface area (Å²) >= 11 is 1.63. The Morgan fingerprint density at radius 2 is 1.76 bits per heavy atom. The Morgan fingerprint density at radius 1 is 1.12 bits per heavy atom. The van der Waals surface area contributed by atoms with Gasteiger partial charge in [0.2, 0.25) is 0 Å². The first kappa shape index (κ1) is 11.6. The summed E-state index contributed by atoms with van der Waals surface area (Å²) in [6.45, 7) is 2.11. The maximum absolute atomic E-state index is 10.6. The van der Waals surface area contributed by atoms with Crippen LogP contribution in [0.2, 0.25) is 0 Å². The third-order valence-corrected chi connectivity index (χ3v) is 4.99. The van der Waals surface area contributed by atoms with Crippen molar-refractivity contribution in [3.63, 3.8) is 0 Å². The summed E-state index contributed by atoms with van der Waals surface area (Å²) < 4.78 is 0. The summed E-state index contributed by atoms with van der Waals surface area (Å²) in [5.41, 5.74) is 0. The number of likely N-dealkylation sites (tertiary alicyclic amines) is 1. The van der Waals surface area contributed by atoms with Gasteiger partial charge in [0.1, 0.15) is 4.93 Å². The summed E-state index contributed by atoms with van der Waals surface area (Å²) in [6.07, 6.45) is 4.51. The molecule has 0 radical (unpaired) electrons. The van der Waals surface area contributed by atoms with E-state index in [-0.39, 0.29) is 0 Å². The molecule has 1 aromatic carbocycles. The number of rotatable bonds is 3. The standard InChI is InChI=1S/C14H19NOS/c16-14(17-13-4-2-1-3-5-13)8-10-15(11-9-14)12-6-7-12/h1-5,12,16H,6-11H2. The van der Waals surface area contributed by atoms with Crippen LogP contribution < -0.4 is 0 Å². The Morgan fingerprint density at radius 3 is 2.35 bits per heavy atom. The number of piperidine rings is 1. The van der Waals surface area contributed by atoms with E-state index in [1.54, 1.807) is 11.8 Å². The minimum atomic E-state index is -0.549. The van der Waals surface area contributed by atoms with E-state index < -0.39 is 4.93 Å². The molecular weight excluding hydrogens is 230 g/mol. The Hall–Kier alpha value is -0.510. The van der Waals surface area contributed by atoms with Gasteiger partial charge in [0.05, 0.1) is 0 Å². The van der Waals surface area contributed by atoms with Crippen LogP contribution in [0.5, 0.6) is 0 Å². The average molecular weight is 249 g/mol. The van der Waals surface area contributed by atoms with Gasteiger partial charge in [-0.15, -0.1) is 0 Å². The largest absolute Gasteiger partial charge is 0.379 e. The predicted molar refractivity (Wildman–Crippen MR) is 71.1 cm³/mol. The van der Waals surface area contributed by atoms with Crippen molar-refractivity contribution in [2.45, 2.75) is 41.6 Å². The second-order valence-corrected chi connectivity index (χ2v) is 6.56. The normalized spacial score (nSPS) is 24.8. The lowest BCUT2D eigenvalue weighted by atomic mass is 10.1. The van der Waals surface area contributed by atoms with Crippen molar-refractivity contribution < 1.29 is 5.11 Å². The molecule has 1 saturated carbocycles. The lowest BCUT2D eigenvalue weighted by Crippen LogP contribution is -2.43.